The summed E-state index contributed by atoms with van der Waals surface area (Å²) in [6.07, 6.45) is 2.00. The van der Waals surface area contributed by atoms with Crippen molar-refractivity contribution in [1.82, 2.24) is 4.98 Å². The van der Waals surface area contributed by atoms with E-state index < -0.39 is 5.91 Å². The zero-order valence-electron chi connectivity index (χ0n) is 5.63. The molecular weight excluding hydrogens is 146 g/mol. The molecule has 5 heteroatoms. The van der Waals surface area contributed by atoms with E-state index in [0.717, 1.165) is 0 Å². The third kappa shape index (κ3) is 1.57. The number of hydrogen-bond donors (Lipinski definition) is 3. The van der Waals surface area contributed by atoms with Crippen molar-refractivity contribution < 1.29 is 9.59 Å². The first-order valence-electron chi connectivity index (χ1n) is 2.92. The number of rotatable bonds is 3. The second-order valence-electron chi connectivity index (χ2n) is 1.93. The second kappa shape index (κ2) is 2.87. The summed E-state index contributed by atoms with van der Waals surface area (Å²) in [6, 6.07) is 1.46. The molecule has 1 aromatic rings. The lowest BCUT2D eigenvalue weighted by molar-refractivity contribution is -0.105. The van der Waals surface area contributed by atoms with Crippen LogP contribution in [0.2, 0.25) is 0 Å². The Morgan fingerprint density at radius 2 is 2.45 bits per heavy atom. The maximum atomic E-state index is 10.5. The van der Waals surface area contributed by atoms with Crippen molar-refractivity contribution in [2.75, 3.05) is 5.32 Å². The van der Waals surface area contributed by atoms with Gasteiger partial charge in [0.2, 0.25) is 6.41 Å². The number of primary amides is 1. The van der Waals surface area contributed by atoms with Gasteiger partial charge in [-0.15, -0.1) is 0 Å². The van der Waals surface area contributed by atoms with Crippen LogP contribution < -0.4 is 11.1 Å². The first-order valence-corrected chi connectivity index (χ1v) is 2.92. The zero-order chi connectivity index (χ0) is 8.27. The molecule has 0 fully saturated rings. The Balaban J connectivity index is 2.81. The lowest BCUT2D eigenvalue weighted by Crippen LogP contribution is -2.10. The molecule has 0 aromatic carbocycles. The van der Waals surface area contributed by atoms with Crippen molar-refractivity contribution in [2.45, 2.75) is 0 Å². The van der Waals surface area contributed by atoms with Crippen LogP contribution in [0.3, 0.4) is 0 Å². The SMILES string of the molecule is NC(=O)c1cc(NC=O)c[nH]1. The van der Waals surface area contributed by atoms with E-state index in [2.05, 4.69) is 10.3 Å². The fraction of sp³-hybridized carbons (Fsp3) is 0. The number of nitrogens with one attached hydrogen (secondary N) is 2. The van der Waals surface area contributed by atoms with E-state index in [4.69, 9.17) is 5.73 Å². The van der Waals surface area contributed by atoms with Gasteiger partial charge in [-0.2, -0.15) is 0 Å². The second-order valence-corrected chi connectivity index (χ2v) is 1.93. The first-order chi connectivity index (χ1) is 5.24. The summed E-state index contributed by atoms with van der Waals surface area (Å²) in [4.78, 5) is 23.0. The Morgan fingerprint density at radius 3 is 2.91 bits per heavy atom. The minimum atomic E-state index is -0.552. The van der Waals surface area contributed by atoms with Gasteiger partial charge in [-0.25, -0.2) is 0 Å². The van der Waals surface area contributed by atoms with Crippen LogP contribution in [0.4, 0.5) is 5.69 Å². The lowest BCUT2D eigenvalue weighted by Gasteiger charge is -1.86. The fourth-order valence-corrected chi connectivity index (χ4v) is 0.688. The molecule has 5 nitrogen and oxygen atoms in total. The Hall–Kier alpha value is -1.78. The molecule has 0 bridgehead atoms. The third-order valence-corrected chi connectivity index (χ3v) is 1.17. The van der Waals surface area contributed by atoms with Gasteiger partial charge in [0.05, 0.1) is 5.69 Å². The maximum Gasteiger partial charge on any atom is 0.265 e. The minimum absolute atomic E-state index is 0.273. The Bertz CT molecular complexity index is 279. The van der Waals surface area contributed by atoms with Gasteiger partial charge in [-0.1, -0.05) is 0 Å². The lowest BCUT2D eigenvalue weighted by atomic mass is 10.4. The zero-order valence-corrected chi connectivity index (χ0v) is 5.63. The van der Waals surface area contributed by atoms with E-state index in [9.17, 15) is 9.59 Å². The van der Waals surface area contributed by atoms with Crippen molar-refractivity contribution in [2.24, 2.45) is 5.73 Å². The molecular formula is C6H7N3O2. The van der Waals surface area contributed by atoms with E-state index in [1.165, 1.54) is 12.3 Å². The third-order valence-electron chi connectivity index (χ3n) is 1.17. The number of nitrogens with two attached hydrogens (primary N) is 1. The van der Waals surface area contributed by atoms with Crippen molar-refractivity contribution in [3.05, 3.63) is 18.0 Å². The number of carbonyl (C=O) groups excluding carboxylic acids is 2. The summed E-state index contributed by atoms with van der Waals surface area (Å²) in [6.45, 7) is 0. The fourth-order valence-electron chi connectivity index (χ4n) is 0.688. The highest BCUT2D eigenvalue weighted by atomic mass is 16.1. The van der Waals surface area contributed by atoms with Crippen molar-refractivity contribution in [1.29, 1.82) is 0 Å². The van der Waals surface area contributed by atoms with E-state index >= 15 is 0 Å². The molecule has 1 rings (SSSR count). The van der Waals surface area contributed by atoms with Gasteiger partial charge in [0.15, 0.2) is 0 Å². The van der Waals surface area contributed by atoms with Crippen LogP contribution in [-0.4, -0.2) is 17.3 Å². The van der Waals surface area contributed by atoms with E-state index in [-0.39, 0.29) is 5.69 Å². The van der Waals surface area contributed by atoms with Crippen LogP contribution in [0.25, 0.3) is 0 Å². The van der Waals surface area contributed by atoms with Crippen molar-refractivity contribution in [3.63, 3.8) is 0 Å². The topological polar surface area (TPSA) is 88.0 Å². The molecule has 0 aliphatic rings. The van der Waals surface area contributed by atoms with Crippen LogP contribution in [0.15, 0.2) is 12.3 Å². The average molecular weight is 153 g/mol. The van der Waals surface area contributed by atoms with Gasteiger partial charge in [0.25, 0.3) is 5.91 Å². The summed E-state index contributed by atoms with van der Waals surface area (Å²) >= 11 is 0. The average Bonchev–Trinajstić information content (AvgIpc) is 2.37. The Morgan fingerprint density at radius 1 is 1.73 bits per heavy atom. The number of aromatic nitrogens is 1. The highest BCUT2D eigenvalue weighted by molar-refractivity contribution is 5.92. The van der Waals surface area contributed by atoms with E-state index in [1.54, 1.807) is 0 Å². The summed E-state index contributed by atoms with van der Waals surface area (Å²) in [7, 11) is 0. The molecule has 1 aromatic heterocycles. The van der Waals surface area contributed by atoms with Crippen LogP contribution in [0.1, 0.15) is 10.5 Å². The molecule has 0 unspecified atom stereocenters. The number of anilines is 1. The predicted octanol–water partition coefficient (Wildman–Crippen LogP) is -0.318. The molecule has 0 saturated carbocycles. The molecule has 0 radical (unpaired) electrons. The van der Waals surface area contributed by atoms with Gasteiger partial charge in [-0.3, -0.25) is 9.59 Å². The van der Waals surface area contributed by atoms with Gasteiger partial charge in [0.1, 0.15) is 5.69 Å². The molecule has 58 valence electrons. The standard InChI is InChI=1S/C6H7N3O2/c7-6(11)5-1-4(2-8-5)9-3-10/h1-3,8H,(H2,7,11)(H,9,10). The number of H-pyrrole nitrogens is 1. The van der Waals surface area contributed by atoms with Gasteiger partial charge in [-0.05, 0) is 6.07 Å². The van der Waals surface area contributed by atoms with E-state index in [0.29, 0.717) is 12.1 Å². The predicted molar refractivity (Wildman–Crippen MR) is 39.0 cm³/mol. The minimum Gasteiger partial charge on any atom is -0.364 e. The summed E-state index contributed by atoms with van der Waals surface area (Å²) in [5.74, 6) is -0.552. The molecule has 0 spiro atoms. The summed E-state index contributed by atoms with van der Waals surface area (Å²) in [5.41, 5.74) is 5.73. The highest BCUT2D eigenvalue weighted by Gasteiger charge is 2.01. The number of aromatic amines is 1. The maximum absolute atomic E-state index is 10.5. The van der Waals surface area contributed by atoms with Crippen molar-refractivity contribution in [3.8, 4) is 0 Å². The first kappa shape index (κ1) is 7.33. The van der Waals surface area contributed by atoms with Crippen LogP contribution in [0, 0.1) is 0 Å². The monoisotopic (exact) mass is 153 g/mol. The molecule has 2 amide bonds. The largest absolute Gasteiger partial charge is 0.364 e. The molecule has 0 saturated heterocycles. The molecule has 4 N–H and O–H groups in total. The highest BCUT2D eigenvalue weighted by Crippen LogP contribution is 2.06. The van der Waals surface area contributed by atoms with Crippen LogP contribution in [-0.2, 0) is 4.79 Å². The molecule has 11 heavy (non-hydrogen) atoms. The summed E-state index contributed by atoms with van der Waals surface area (Å²) < 4.78 is 0. The quantitative estimate of drug-likeness (QED) is 0.519. The number of carbonyl (C=O) groups is 2. The molecule has 0 aliphatic carbocycles. The molecule has 1 heterocycles. The van der Waals surface area contributed by atoms with Gasteiger partial charge >= 0.3 is 0 Å². The molecule has 0 atom stereocenters. The Kier molecular flexibility index (Phi) is 1.91. The smallest absolute Gasteiger partial charge is 0.265 e. The van der Waals surface area contributed by atoms with Gasteiger partial charge in [0, 0.05) is 6.20 Å². The normalized spacial score (nSPS) is 9.09. The summed E-state index contributed by atoms with van der Waals surface area (Å²) in [5, 5.41) is 2.36. The molecule has 0 aliphatic heterocycles. The van der Waals surface area contributed by atoms with Crippen LogP contribution >= 0.6 is 0 Å². The Labute approximate surface area is 62.6 Å². The number of hydrogen-bond acceptors (Lipinski definition) is 2. The van der Waals surface area contributed by atoms with Crippen molar-refractivity contribution >= 4 is 18.0 Å². The number of amides is 2. The van der Waals surface area contributed by atoms with Crippen LogP contribution in [0.5, 0.6) is 0 Å². The van der Waals surface area contributed by atoms with Gasteiger partial charge < -0.3 is 16.0 Å². The van der Waals surface area contributed by atoms with E-state index in [1.807, 2.05) is 0 Å².